The number of fused-ring (bicyclic) bond motifs is 1. The van der Waals surface area contributed by atoms with E-state index in [0.29, 0.717) is 11.4 Å². The second-order valence-electron chi connectivity index (χ2n) is 6.62. The highest BCUT2D eigenvalue weighted by Gasteiger charge is 2.42. The summed E-state index contributed by atoms with van der Waals surface area (Å²) in [5.41, 5.74) is 0.713. The second-order valence-corrected chi connectivity index (χ2v) is 10.2. The zero-order chi connectivity index (χ0) is 18.9. The molecule has 1 amide bonds. The number of thioether (sulfide) groups is 2. The van der Waals surface area contributed by atoms with Crippen molar-refractivity contribution in [2.75, 3.05) is 11.6 Å². The van der Waals surface area contributed by atoms with Crippen molar-refractivity contribution in [3.8, 4) is 11.5 Å². The SMILES string of the molecule is CSc1nnc(SC(C)C(=O)Nc2ccc3c(c2)OC2(CCCCC2)O3)s1. The van der Waals surface area contributed by atoms with Crippen molar-refractivity contribution in [3.05, 3.63) is 18.2 Å². The van der Waals surface area contributed by atoms with Crippen LogP contribution in [-0.4, -0.2) is 33.4 Å². The summed E-state index contributed by atoms with van der Waals surface area (Å²) in [6, 6.07) is 5.59. The maximum absolute atomic E-state index is 12.5. The first-order chi connectivity index (χ1) is 13.1. The van der Waals surface area contributed by atoms with Gasteiger partial charge in [-0.1, -0.05) is 41.3 Å². The maximum Gasteiger partial charge on any atom is 0.251 e. The fraction of sp³-hybridized carbons (Fsp3) is 0.500. The molecule has 9 heteroatoms. The first kappa shape index (κ1) is 18.9. The van der Waals surface area contributed by atoms with Gasteiger partial charge >= 0.3 is 0 Å². The predicted octanol–water partition coefficient (Wildman–Crippen LogP) is 4.81. The summed E-state index contributed by atoms with van der Waals surface area (Å²) in [7, 11) is 0. The Morgan fingerprint density at radius 3 is 2.67 bits per heavy atom. The van der Waals surface area contributed by atoms with Crippen LogP contribution in [0.5, 0.6) is 11.5 Å². The maximum atomic E-state index is 12.5. The van der Waals surface area contributed by atoms with E-state index in [1.807, 2.05) is 31.4 Å². The molecule has 1 atom stereocenters. The minimum atomic E-state index is -0.501. The average Bonchev–Trinajstić information content (AvgIpc) is 3.25. The van der Waals surface area contributed by atoms with E-state index in [1.165, 1.54) is 29.5 Å². The van der Waals surface area contributed by atoms with E-state index in [4.69, 9.17) is 9.47 Å². The van der Waals surface area contributed by atoms with Crippen molar-refractivity contribution in [1.82, 2.24) is 10.2 Å². The third kappa shape index (κ3) is 4.20. The van der Waals surface area contributed by atoms with E-state index < -0.39 is 5.79 Å². The second kappa shape index (κ2) is 7.89. The molecule has 0 saturated heterocycles. The van der Waals surface area contributed by atoms with Crippen molar-refractivity contribution in [2.45, 2.75) is 58.7 Å². The molecule has 2 aromatic rings. The summed E-state index contributed by atoms with van der Waals surface area (Å²) in [5, 5.41) is 10.9. The number of anilines is 1. The number of benzene rings is 1. The first-order valence-corrected chi connectivity index (χ1v) is 11.9. The van der Waals surface area contributed by atoms with Gasteiger partial charge < -0.3 is 14.8 Å². The van der Waals surface area contributed by atoms with Gasteiger partial charge in [-0.25, -0.2) is 0 Å². The third-order valence-corrected chi connectivity index (χ3v) is 7.71. The van der Waals surface area contributed by atoms with E-state index in [0.717, 1.165) is 40.1 Å². The lowest BCUT2D eigenvalue weighted by Gasteiger charge is -2.31. The minimum Gasteiger partial charge on any atom is -0.448 e. The molecule has 2 aliphatic rings. The van der Waals surface area contributed by atoms with E-state index in [2.05, 4.69) is 15.5 Å². The molecule has 27 heavy (non-hydrogen) atoms. The molecule has 1 aliphatic carbocycles. The monoisotopic (exact) mass is 423 g/mol. The zero-order valence-electron chi connectivity index (χ0n) is 15.2. The van der Waals surface area contributed by atoms with E-state index in [1.54, 1.807) is 11.8 Å². The van der Waals surface area contributed by atoms with E-state index in [9.17, 15) is 4.79 Å². The van der Waals surface area contributed by atoms with Crippen molar-refractivity contribution in [1.29, 1.82) is 0 Å². The number of nitrogens with one attached hydrogen (secondary N) is 1. The summed E-state index contributed by atoms with van der Waals surface area (Å²) in [4.78, 5) is 12.5. The highest BCUT2D eigenvalue weighted by atomic mass is 32.2. The highest BCUT2D eigenvalue weighted by molar-refractivity contribution is 8.03. The molecule has 2 heterocycles. The van der Waals surface area contributed by atoms with Gasteiger partial charge in [0.25, 0.3) is 5.79 Å². The number of ether oxygens (including phenoxy) is 2. The van der Waals surface area contributed by atoms with Crippen LogP contribution < -0.4 is 14.8 Å². The minimum absolute atomic E-state index is 0.0767. The number of hydrogen-bond acceptors (Lipinski definition) is 8. The van der Waals surface area contributed by atoms with Crippen molar-refractivity contribution >= 4 is 46.5 Å². The molecule has 1 saturated carbocycles. The Morgan fingerprint density at radius 1 is 1.19 bits per heavy atom. The number of rotatable bonds is 5. The normalized spacial score (nSPS) is 18.4. The number of amides is 1. The van der Waals surface area contributed by atoms with Gasteiger partial charge in [0, 0.05) is 24.6 Å². The summed E-state index contributed by atoms with van der Waals surface area (Å²) in [6.45, 7) is 1.87. The van der Waals surface area contributed by atoms with Crippen molar-refractivity contribution in [3.63, 3.8) is 0 Å². The molecule has 1 aliphatic heterocycles. The van der Waals surface area contributed by atoms with Gasteiger partial charge in [0.05, 0.1) is 5.25 Å². The standard InChI is InChI=1S/C18H21N3O3S3/c1-11(26-17-21-20-16(25-2)27-17)15(22)19-12-6-7-13-14(10-12)24-18(23-13)8-4-3-5-9-18/h6-7,10-11H,3-5,8-9H2,1-2H3,(H,19,22). The Morgan fingerprint density at radius 2 is 1.93 bits per heavy atom. The topological polar surface area (TPSA) is 73.3 Å². The van der Waals surface area contributed by atoms with Crippen LogP contribution in [0.1, 0.15) is 39.0 Å². The zero-order valence-corrected chi connectivity index (χ0v) is 17.6. The summed E-state index contributed by atoms with van der Waals surface area (Å²) in [6.07, 6.45) is 7.26. The van der Waals surface area contributed by atoms with Gasteiger partial charge in [0.2, 0.25) is 5.91 Å². The molecule has 6 nitrogen and oxygen atoms in total. The number of aromatic nitrogens is 2. The molecule has 1 aromatic carbocycles. The number of carbonyl (C=O) groups excluding carboxylic acids is 1. The van der Waals surface area contributed by atoms with Crippen LogP contribution in [0.25, 0.3) is 0 Å². The van der Waals surface area contributed by atoms with Gasteiger partial charge in [-0.3, -0.25) is 4.79 Å². The van der Waals surface area contributed by atoms with Gasteiger partial charge in [-0.05, 0) is 38.2 Å². The van der Waals surface area contributed by atoms with Gasteiger partial charge in [-0.2, -0.15) is 0 Å². The van der Waals surface area contributed by atoms with Gasteiger partial charge in [0.15, 0.2) is 20.2 Å². The number of carbonyl (C=O) groups is 1. The molecular formula is C18H21N3O3S3. The third-order valence-electron chi connectivity index (χ3n) is 4.63. The molecule has 1 fully saturated rings. The molecule has 4 rings (SSSR count). The Labute approximate surface area is 170 Å². The van der Waals surface area contributed by atoms with Crippen LogP contribution in [0, 0.1) is 0 Å². The predicted molar refractivity (Wildman–Crippen MR) is 109 cm³/mol. The summed E-state index contributed by atoms with van der Waals surface area (Å²) in [5.74, 6) is 0.894. The fourth-order valence-corrected chi connectivity index (χ4v) is 5.82. The quantitative estimate of drug-likeness (QED) is 0.692. The summed E-state index contributed by atoms with van der Waals surface area (Å²) >= 11 is 4.47. The van der Waals surface area contributed by atoms with E-state index >= 15 is 0 Å². The Kier molecular flexibility index (Phi) is 5.52. The number of nitrogens with zero attached hydrogens (tertiary/aromatic N) is 2. The van der Waals surface area contributed by atoms with Crippen LogP contribution >= 0.6 is 34.9 Å². The van der Waals surface area contributed by atoms with Crippen molar-refractivity contribution in [2.24, 2.45) is 0 Å². The molecular weight excluding hydrogens is 402 g/mol. The van der Waals surface area contributed by atoms with Crippen LogP contribution in [0.4, 0.5) is 5.69 Å². The Hall–Kier alpha value is -1.45. The number of hydrogen-bond donors (Lipinski definition) is 1. The van der Waals surface area contributed by atoms with Gasteiger partial charge in [-0.15, -0.1) is 10.2 Å². The molecule has 1 spiro atoms. The van der Waals surface area contributed by atoms with Crippen molar-refractivity contribution < 1.29 is 14.3 Å². The lowest BCUT2D eigenvalue weighted by atomic mass is 9.94. The Bertz CT molecular complexity index is 836. The van der Waals surface area contributed by atoms with Crippen LogP contribution in [0.2, 0.25) is 0 Å². The molecule has 1 N–H and O–H groups in total. The lowest BCUT2D eigenvalue weighted by molar-refractivity contribution is -0.115. The molecule has 1 unspecified atom stereocenters. The molecule has 144 valence electrons. The highest BCUT2D eigenvalue weighted by Crippen LogP contribution is 2.46. The largest absolute Gasteiger partial charge is 0.448 e. The fourth-order valence-electron chi connectivity index (χ4n) is 3.24. The smallest absolute Gasteiger partial charge is 0.251 e. The first-order valence-electron chi connectivity index (χ1n) is 8.94. The van der Waals surface area contributed by atoms with E-state index in [-0.39, 0.29) is 11.2 Å². The average molecular weight is 424 g/mol. The van der Waals surface area contributed by atoms with Crippen LogP contribution in [0.3, 0.4) is 0 Å². The summed E-state index contributed by atoms with van der Waals surface area (Å²) < 4.78 is 13.9. The molecule has 1 aromatic heterocycles. The van der Waals surface area contributed by atoms with Crippen LogP contribution in [0.15, 0.2) is 26.9 Å². The molecule has 0 radical (unpaired) electrons. The Balaban J connectivity index is 1.38. The molecule has 0 bridgehead atoms. The van der Waals surface area contributed by atoms with Gasteiger partial charge in [0.1, 0.15) is 0 Å². The van der Waals surface area contributed by atoms with Crippen LogP contribution in [-0.2, 0) is 4.79 Å². The lowest BCUT2D eigenvalue weighted by Crippen LogP contribution is -2.40.